The van der Waals surface area contributed by atoms with Crippen LogP contribution in [0, 0.1) is 0 Å². The summed E-state index contributed by atoms with van der Waals surface area (Å²) in [5.41, 5.74) is 0. The van der Waals surface area contributed by atoms with E-state index in [4.69, 9.17) is 0 Å². The summed E-state index contributed by atoms with van der Waals surface area (Å²) >= 11 is 0. The second-order valence-electron chi connectivity index (χ2n) is 4.71. The van der Waals surface area contributed by atoms with Crippen molar-refractivity contribution in [3.63, 3.8) is 0 Å². The fourth-order valence-corrected chi connectivity index (χ4v) is 2.13. The van der Waals surface area contributed by atoms with Crippen molar-refractivity contribution in [1.29, 1.82) is 0 Å². The number of amides is 1. The van der Waals surface area contributed by atoms with E-state index in [0.29, 0.717) is 0 Å². The van der Waals surface area contributed by atoms with E-state index in [2.05, 4.69) is 10.2 Å². The zero-order chi connectivity index (χ0) is 12.0. The highest BCUT2D eigenvalue weighted by Gasteiger charge is 2.15. The number of carbonyl (C=O) groups is 2. The van der Waals surface area contributed by atoms with Crippen molar-refractivity contribution < 1.29 is 9.59 Å². The lowest BCUT2D eigenvalue weighted by molar-refractivity contribution is -0.127. The minimum absolute atomic E-state index is 0.00431. The fraction of sp³-hybridized carbons (Fsp3) is 0.833. The second kappa shape index (κ2) is 6.63. The van der Waals surface area contributed by atoms with E-state index < -0.39 is 0 Å². The summed E-state index contributed by atoms with van der Waals surface area (Å²) in [5.74, 6) is -0.236. The maximum atomic E-state index is 11.4. The fourth-order valence-electron chi connectivity index (χ4n) is 2.13. The zero-order valence-corrected chi connectivity index (χ0v) is 10.3. The molecule has 1 fully saturated rings. The van der Waals surface area contributed by atoms with Crippen LogP contribution in [-0.4, -0.2) is 42.3 Å². The Morgan fingerprint density at radius 2 is 1.88 bits per heavy atom. The van der Waals surface area contributed by atoms with Crippen molar-refractivity contribution in [1.82, 2.24) is 10.2 Å². The van der Waals surface area contributed by atoms with Gasteiger partial charge in [0.15, 0.2) is 0 Å². The first-order valence-corrected chi connectivity index (χ1v) is 6.09. The van der Waals surface area contributed by atoms with Crippen LogP contribution in [0.5, 0.6) is 0 Å². The molecule has 0 spiro atoms. The average Bonchev–Trinajstić information content (AvgIpc) is 2.17. The topological polar surface area (TPSA) is 49.4 Å². The minimum atomic E-state index is -0.156. The number of Topliss-reactive ketones (excluding diaryl/α,β-unsaturated/α-hetero) is 1. The molecule has 0 aromatic carbocycles. The number of rotatable bonds is 5. The van der Waals surface area contributed by atoms with E-state index in [1.807, 2.05) is 6.92 Å². The van der Waals surface area contributed by atoms with E-state index >= 15 is 0 Å². The van der Waals surface area contributed by atoms with E-state index in [0.717, 1.165) is 19.6 Å². The van der Waals surface area contributed by atoms with E-state index in [-0.39, 0.29) is 24.2 Å². The molecule has 0 aromatic heterocycles. The first-order chi connectivity index (χ1) is 7.58. The van der Waals surface area contributed by atoms with Crippen LogP contribution in [-0.2, 0) is 9.59 Å². The number of ketones is 1. The number of piperidine rings is 1. The Labute approximate surface area is 97.4 Å². The summed E-state index contributed by atoms with van der Waals surface area (Å²) in [5, 5.41) is 2.86. The van der Waals surface area contributed by atoms with Gasteiger partial charge in [0.1, 0.15) is 5.78 Å². The summed E-state index contributed by atoms with van der Waals surface area (Å²) in [6, 6.07) is 0.130. The van der Waals surface area contributed by atoms with Gasteiger partial charge in [-0.1, -0.05) is 6.42 Å². The van der Waals surface area contributed by atoms with Crippen LogP contribution in [0.3, 0.4) is 0 Å². The standard InChI is InChI=1S/C12H22N2O2/c1-10(13-12(16)8-11(2)15)9-14-6-4-3-5-7-14/h10H,3-9H2,1-2H3,(H,13,16). The van der Waals surface area contributed by atoms with Gasteiger partial charge >= 0.3 is 0 Å². The van der Waals surface area contributed by atoms with Gasteiger partial charge in [0.05, 0.1) is 6.42 Å². The van der Waals surface area contributed by atoms with Crippen LogP contribution in [0.2, 0.25) is 0 Å². The number of hydrogen-bond donors (Lipinski definition) is 1. The van der Waals surface area contributed by atoms with Gasteiger partial charge in [-0.2, -0.15) is 0 Å². The second-order valence-corrected chi connectivity index (χ2v) is 4.71. The first-order valence-electron chi connectivity index (χ1n) is 6.09. The molecule has 0 aliphatic carbocycles. The molecule has 1 N–H and O–H groups in total. The van der Waals surface area contributed by atoms with Crippen molar-refractivity contribution in [2.75, 3.05) is 19.6 Å². The Bertz CT molecular complexity index is 247. The Morgan fingerprint density at radius 3 is 2.44 bits per heavy atom. The lowest BCUT2D eigenvalue weighted by Crippen LogP contribution is -2.44. The molecular weight excluding hydrogens is 204 g/mol. The van der Waals surface area contributed by atoms with Crippen molar-refractivity contribution in [2.24, 2.45) is 0 Å². The summed E-state index contributed by atoms with van der Waals surface area (Å²) < 4.78 is 0. The summed E-state index contributed by atoms with van der Waals surface area (Å²) in [6.07, 6.45) is 3.84. The van der Waals surface area contributed by atoms with Crippen LogP contribution in [0.15, 0.2) is 0 Å². The minimum Gasteiger partial charge on any atom is -0.352 e. The van der Waals surface area contributed by atoms with Gasteiger partial charge in [-0.15, -0.1) is 0 Å². The average molecular weight is 226 g/mol. The highest BCUT2D eigenvalue weighted by molar-refractivity contribution is 5.96. The maximum Gasteiger partial charge on any atom is 0.227 e. The quantitative estimate of drug-likeness (QED) is 0.710. The number of nitrogens with zero attached hydrogens (tertiary/aromatic N) is 1. The molecular formula is C12H22N2O2. The molecule has 16 heavy (non-hydrogen) atoms. The predicted molar refractivity (Wildman–Crippen MR) is 63.2 cm³/mol. The molecule has 1 atom stereocenters. The van der Waals surface area contributed by atoms with Gasteiger partial charge in [0, 0.05) is 12.6 Å². The van der Waals surface area contributed by atoms with Gasteiger partial charge in [0.25, 0.3) is 0 Å². The zero-order valence-electron chi connectivity index (χ0n) is 10.3. The third-order valence-electron chi connectivity index (χ3n) is 2.80. The van der Waals surface area contributed by atoms with E-state index in [1.54, 1.807) is 0 Å². The summed E-state index contributed by atoms with van der Waals surface area (Å²) in [6.45, 7) is 6.59. The van der Waals surface area contributed by atoms with Crippen LogP contribution in [0.25, 0.3) is 0 Å². The van der Waals surface area contributed by atoms with Crippen LogP contribution < -0.4 is 5.32 Å². The van der Waals surface area contributed by atoms with Crippen molar-refractivity contribution in [3.05, 3.63) is 0 Å². The molecule has 1 saturated heterocycles. The van der Waals surface area contributed by atoms with Gasteiger partial charge in [-0.05, 0) is 39.8 Å². The Morgan fingerprint density at radius 1 is 1.25 bits per heavy atom. The van der Waals surface area contributed by atoms with Crippen molar-refractivity contribution >= 4 is 11.7 Å². The molecule has 1 rings (SSSR count). The number of likely N-dealkylation sites (tertiary alicyclic amines) is 1. The highest BCUT2D eigenvalue weighted by Crippen LogP contribution is 2.08. The normalized spacial score (nSPS) is 19.1. The summed E-state index contributed by atoms with van der Waals surface area (Å²) in [7, 11) is 0. The van der Waals surface area contributed by atoms with Crippen molar-refractivity contribution in [3.8, 4) is 0 Å². The van der Waals surface area contributed by atoms with Crippen LogP contribution in [0.4, 0.5) is 0 Å². The largest absolute Gasteiger partial charge is 0.352 e. The molecule has 1 amide bonds. The molecule has 1 unspecified atom stereocenters. The first kappa shape index (κ1) is 13.2. The lowest BCUT2D eigenvalue weighted by Gasteiger charge is -2.29. The maximum absolute atomic E-state index is 11.4. The molecule has 1 aliphatic heterocycles. The monoisotopic (exact) mass is 226 g/mol. The van der Waals surface area contributed by atoms with Gasteiger partial charge in [0.2, 0.25) is 5.91 Å². The number of nitrogens with one attached hydrogen (secondary N) is 1. The number of hydrogen-bond acceptors (Lipinski definition) is 3. The number of carbonyl (C=O) groups excluding carboxylic acids is 2. The molecule has 1 aliphatic rings. The molecule has 92 valence electrons. The van der Waals surface area contributed by atoms with Gasteiger partial charge in [-0.25, -0.2) is 0 Å². The molecule has 4 heteroatoms. The highest BCUT2D eigenvalue weighted by atomic mass is 16.2. The molecule has 0 radical (unpaired) electrons. The SMILES string of the molecule is CC(=O)CC(=O)NC(C)CN1CCCCC1. The molecule has 0 saturated carbocycles. The Hall–Kier alpha value is -0.900. The predicted octanol–water partition coefficient (Wildman–Crippen LogP) is 0.956. The van der Waals surface area contributed by atoms with Crippen LogP contribution >= 0.6 is 0 Å². The molecule has 4 nitrogen and oxygen atoms in total. The smallest absolute Gasteiger partial charge is 0.227 e. The molecule has 1 heterocycles. The van der Waals surface area contributed by atoms with Crippen LogP contribution in [0.1, 0.15) is 39.5 Å². The molecule has 0 bridgehead atoms. The van der Waals surface area contributed by atoms with Crippen molar-refractivity contribution in [2.45, 2.75) is 45.6 Å². The lowest BCUT2D eigenvalue weighted by atomic mass is 10.1. The van der Waals surface area contributed by atoms with E-state index in [9.17, 15) is 9.59 Å². The van der Waals surface area contributed by atoms with E-state index in [1.165, 1.54) is 26.2 Å². The van der Waals surface area contributed by atoms with Gasteiger partial charge in [-0.3, -0.25) is 9.59 Å². The Kier molecular flexibility index (Phi) is 5.46. The summed E-state index contributed by atoms with van der Waals surface area (Å²) in [4.78, 5) is 24.5. The van der Waals surface area contributed by atoms with Gasteiger partial charge < -0.3 is 10.2 Å². The third kappa shape index (κ3) is 5.26. The third-order valence-corrected chi connectivity index (χ3v) is 2.80. The molecule has 0 aromatic rings. The Balaban J connectivity index is 2.21.